The first-order valence-electron chi connectivity index (χ1n) is 8.56. The molecule has 1 aliphatic heterocycles. The van der Waals surface area contributed by atoms with Crippen molar-refractivity contribution in [3.8, 4) is 0 Å². The van der Waals surface area contributed by atoms with Crippen LogP contribution in [-0.2, 0) is 5.75 Å². The molecule has 3 amide bonds. The van der Waals surface area contributed by atoms with Crippen LogP contribution in [0.3, 0.4) is 0 Å². The number of fused-ring (bicyclic) bond motifs is 1. The Kier molecular flexibility index (Phi) is 5.02. The van der Waals surface area contributed by atoms with E-state index in [4.69, 9.17) is 0 Å². The molecule has 0 saturated carbocycles. The largest absolute Gasteiger partial charge is 0.322 e. The van der Waals surface area contributed by atoms with Gasteiger partial charge in [-0.25, -0.2) is 0 Å². The summed E-state index contributed by atoms with van der Waals surface area (Å²) in [6.07, 6.45) is 0. The van der Waals surface area contributed by atoms with E-state index in [-0.39, 0.29) is 17.7 Å². The highest BCUT2D eigenvalue weighted by molar-refractivity contribution is 7.98. The molecule has 2 heterocycles. The second kappa shape index (κ2) is 7.61. The molecule has 3 aromatic rings. The number of thioether (sulfide) groups is 1. The summed E-state index contributed by atoms with van der Waals surface area (Å²) in [6, 6.07) is 16.3. The van der Waals surface area contributed by atoms with E-state index in [2.05, 4.69) is 11.4 Å². The molecule has 7 heteroatoms. The van der Waals surface area contributed by atoms with E-state index >= 15 is 0 Å². The third-order valence-electron chi connectivity index (χ3n) is 4.43. The molecule has 0 fully saturated rings. The van der Waals surface area contributed by atoms with Gasteiger partial charge in [0.2, 0.25) is 0 Å². The van der Waals surface area contributed by atoms with Gasteiger partial charge in [-0.15, -0.1) is 23.1 Å². The van der Waals surface area contributed by atoms with Crippen LogP contribution in [0.5, 0.6) is 0 Å². The molecule has 0 unspecified atom stereocenters. The number of carbonyl (C=O) groups excluding carboxylic acids is 3. The first-order valence-corrected chi connectivity index (χ1v) is 10.4. The van der Waals surface area contributed by atoms with Gasteiger partial charge in [-0.1, -0.05) is 18.2 Å². The number of nitrogens with one attached hydrogen (secondary N) is 1. The number of benzene rings is 2. The number of hydrogen-bond acceptors (Lipinski definition) is 5. The molecule has 2 aromatic carbocycles. The molecule has 1 N–H and O–H groups in total. The van der Waals surface area contributed by atoms with Crippen molar-refractivity contribution >= 4 is 46.5 Å². The van der Waals surface area contributed by atoms with E-state index in [1.807, 2.05) is 29.6 Å². The lowest BCUT2D eigenvalue weighted by molar-refractivity contribution is 0.0692. The molecule has 140 valence electrons. The average molecular weight is 409 g/mol. The van der Waals surface area contributed by atoms with Crippen LogP contribution in [0.2, 0.25) is 0 Å². The van der Waals surface area contributed by atoms with Crippen LogP contribution in [0, 0.1) is 0 Å². The smallest absolute Gasteiger partial charge is 0.261 e. The Hall–Kier alpha value is -2.90. The van der Waals surface area contributed by atoms with Gasteiger partial charge in [0.25, 0.3) is 17.7 Å². The van der Waals surface area contributed by atoms with E-state index in [9.17, 15) is 14.4 Å². The van der Waals surface area contributed by atoms with Crippen LogP contribution in [0.1, 0.15) is 36.0 Å². The van der Waals surface area contributed by atoms with E-state index in [0.29, 0.717) is 22.4 Å². The molecule has 0 bridgehead atoms. The molecular formula is C21H16N2O3S2. The van der Waals surface area contributed by atoms with Crippen molar-refractivity contribution < 1.29 is 14.4 Å². The summed E-state index contributed by atoms with van der Waals surface area (Å²) in [5.74, 6) is -0.139. The number of thiophene rings is 1. The molecule has 28 heavy (non-hydrogen) atoms. The average Bonchev–Trinajstić information content (AvgIpc) is 3.30. The first-order chi connectivity index (χ1) is 13.5. The minimum atomic E-state index is -0.358. The van der Waals surface area contributed by atoms with Gasteiger partial charge in [0.1, 0.15) is 0 Å². The maximum atomic E-state index is 12.8. The van der Waals surface area contributed by atoms with Crippen LogP contribution in [0.4, 0.5) is 5.69 Å². The number of rotatable bonds is 5. The fourth-order valence-corrected chi connectivity index (χ4v) is 4.78. The Balaban J connectivity index is 1.53. The molecular weight excluding hydrogens is 392 g/mol. The van der Waals surface area contributed by atoms with Crippen LogP contribution >= 0.6 is 23.1 Å². The van der Waals surface area contributed by atoms with E-state index in [1.54, 1.807) is 47.4 Å². The number of nitrogens with zero attached hydrogens (tertiary/aromatic N) is 1. The molecule has 0 atom stereocenters. The van der Waals surface area contributed by atoms with Crippen molar-refractivity contribution in [2.45, 2.75) is 10.6 Å². The number of imide groups is 1. The van der Waals surface area contributed by atoms with E-state index in [1.165, 1.54) is 11.9 Å². The minimum Gasteiger partial charge on any atom is -0.322 e. The Bertz CT molecular complexity index is 1080. The van der Waals surface area contributed by atoms with Gasteiger partial charge in [0.05, 0.1) is 16.7 Å². The van der Waals surface area contributed by atoms with Gasteiger partial charge in [0.15, 0.2) is 0 Å². The topological polar surface area (TPSA) is 66.5 Å². The Morgan fingerprint density at radius 3 is 2.61 bits per heavy atom. The number of carbonyl (C=O) groups is 3. The van der Waals surface area contributed by atoms with Gasteiger partial charge in [-0.2, -0.15) is 0 Å². The second-order valence-corrected chi connectivity index (χ2v) is 8.30. The molecule has 5 nitrogen and oxygen atoms in total. The third-order valence-corrected chi connectivity index (χ3v) is 6.61. The molecule has 0 spiro atoms. The summed E-state index contributed by atoms with van der Waals surface area (Å²) < 4.78 is 0. The summed E-state index contributed by atoms with van der Waals surface area (Å²) in [6.45, 7) is 0. The number of anilines is 1. The summed E-state index contributed by atoms with van der Waals surface area (Å²) in [5.41, 5.74) is 1.73. The van der Waals surface area contributed by atoms with Crippen molar-refractivity contribution in [3.05, 3.63) is 81.5 Å². The SMILES string of the molecule is CN1C(=O)c2ccc(NC(=O)c3ccccc3SCc3cccs3)cc2C1=O. The highest BCUT2D eigenvalue weighted by atomic mass is 32.2. The summed E-state index contributed by atoms with van der Waals surface area (Å²) in [5, 5.41) is 4.87. The van der Waals surface area contributed by atoms with Gasteiger partial charge in [-0.3, -0.25) is 19.3 Å². The summed E-state index contributed by atoms with van der Waals surface area (Å²) in [7, 11) is 1.45. The number of amides is 3. The zero-order valence-corrected chi connectivity index (χ0v) is 16.6. The highest BCUT2D eigenvalue weighted by Gasteiger charge is 2.32. The van der Waals surface area contributed by atoms with Gasteiger partial charge < -0.3 is 5.32 Å². The quantitative estimate of drug-likeness (QED) is 0.498. The first kappa shape index (κ1) is 18.5. The monoisotopic (exact) mass is 408 g/mol. The highest BCUT2D eigenvalue weighted by Crippen LogP contribution is 2.29. The summed E-state index contributed by atoms with van der Waals surface area (Å²) in [4.78, 5) is 40.2. The fourth-order valence-electron chi connectivity index (χ4n) is 2.96. The van der Waals surface area contributed by atoms with Gasteiger partial charge in [0, 0.05) is 28.3 Å². The van der Waals surface area contributed by atoms with E-state index < -0.39 is 0 Å². The Morgan fingerprint density at radius 1 is 1.04 bits per heavy atom. The Morgan fingerprint density at radius 2 is 1.82 bits per heavy atom. The minimum absolute atomic E-state index is 0.251. The van der Waals surface area contributed by atoms with Crippen molar-refractivity contribution in [2.24, 2.45) is 0 Å². The van der Waals surface area contributed by atoms with Gasteiger partial charge >= 0.3 is 0 Å². The zero-order chi connectivity index (χ0) is 19.7. The number of hydrogen-bond donors (Lipinski definition) is 1. The van der Waals surface area contributed by atoms with Crippen LogP contribution < -0.4 is 5.32 Å². The van der Waals surface area contributed by atoms with Crippen LogP contribution in [0.25, 0.3) is 0 Å². The normalized spacial score (nSPS) is 13.0. The molecule has 0 radical (unpaired) electrons. The maximum Gasteiger partial charge on any atom is 0.261 e. The molecule has 4 rings (SSSR count). The molecule has 0 aliphatic carbocycles. The van der Waals surface area contributed by atoms with Crippen LogP contribution in [0.15, 0.2) is 64.9 Å². The predicted molar refractivity (Wildman–Crippen MR) is 111 cm³/mol. The lowest BCUT2D eigenvalue weighted by Crippen LogP contribution is -2.24. The van der Waals surface area contributed by atoms with Gasteiger partial charge in [-0.05, 0) is 41.8 Å². The Labute approximate surface area is 170 Å². The summed E-state index contributed by atoms with van der Waals surface area (Å²) >= 11 is 3.29. The predicted octanol–water partition coefficient (Wildman–Crippen LogP) is 4.52. The standard InChI is InChI=1S/C21H16N2O3S2/c1-23-20(25)15-9-8-13(11-17(15)21(23)26)22-19(24)16-6-2-3-7-18(16)28-12-14-5-4-10-27-14/h2-11H,12H2,1H3,(H,22,24). The second-order valence-electron chi connectivity index (χ2n) is 6.25. The van der Waals surface area contributed by atoms with E-state index in [0.717, 1.165) is 15.5 Å². The maximum absolute atomic E-state index is 12.8. The van der Waals surface area contributed by atoms with Crippen molar-refractivity contribution in [1.82, 2.24) is 4.90 Å². The van der Waals surface area contributed by atoms with Crippen LogP contribution in [-0.4, -0.2) is 29.7 Å². The van der Waals surface area contributed by atoms with Crippen molar-refractivity contribution in [1.29, 1.82) is 0 Å². The lowest BCUT2D eigenvalue weighted by Gasteiger charge is -2.10. The fraction of sp³-hybridized carbons (Fsp3) is 0.0952. The van der Waals surface area contributed by atoms with Crippen molar-refractivity contribution in [2.75, 3.05) is 12.4 Å². The third kappa shape index (κ3) is 3.46. The lowest BCUT2D eigenvalue weighted by atomic mass is 10.1. The van der Waals surface area contributed by atoms with Crippen molar-refractivity contribution in [3.63, 3.8) is 0 Å². The molecule has 1 aromatic heterocycles. The molecule has 0 saturated heterocycles. The zero-order valence-electron chi connectivity index (χ0n) is 15.0. The molecule has 1 aliphatic rings.